The number of hydrogen-bond donors (Lipinski definition) is 3. The van der Waals surface area contributed by atoms with Gasteiger partial charge in [0.25, 0.3) is 0 Å². The maximum atomic E-state index is 13.1. The molecule has 2 atom stereocenters. The number of carbonyl (C=O) groups is 1. The summed E-state index contributed by atoms with van der Waals surface area (Å²) in [6, 6.07) is 13.2. The monoisotopic (exact) mass is 508 g/mol. The number of H-pyrrole nitrogens is 1. The van der Waals surface area contributed by atoms with Crippen molar-refractivity contribution < 1.29 is 23.1 Å². The Morgan fingerprint density at radius 1 is 1.14 bits per heavy atom. The number of halogens is 3. The zero-order chi connectivity index (χ0) is 26.2. The van der Waals surface area contributed by atoms with Gasteiger partial charge in [-0.15, -0.1) is 5.10 Å². The molecule has 37 heavy (non-hydrogen) atoms. The third kappa shape index (κ3) is 4.29. The van der Waals surface area contributed by atoms with Gasteiger partial charge in [0.05, 0.1) is 17.0 Å². The number of hydrazone groups is 2. The van der Waals surface area contributed by atoms with Crippen molar-refractivity contribution in [2.45, 2.75) is 24.7 Å². The van der Waals surface area contributed by atoms with Crippen LogP contribution in [-0.2, 0) is 16.5 Å². The number of rotatable bonds is 5. The summed E-state index contributed by atoms with van der Waals surface area (Å²) < 4.78 is 38.7. The standard InChI is InChI=1S/C24H19F3N8O2/c1-14-19(21(37)35(31-14)17-11-9-16(10-12-17)24(25,26)27)28-32-23(22-29-33-34-30-22)13-5-8-18(20(23)36)15-6-3-2-4-7-15/h2-13,20,32,36H,1H3,(H,29,30,33,34). The number of anilines is 1. The predicted molar refractivity (Wildman–Crippen MR) is 128 cm³/mol. The van der Waals surface area contributed by atoms with E-state index >= 15 is 0 Å². The number of benzene rings is 2. The van der Waals surface area contributed by atoms with Crippen molar-refractivity contribution in [1.82, 2.24) is 26.0 Å². The minimum absolute atomic E-state index is 0.0943. The number of carbonyl (C=O) groups excluding carboxylic acids is 1. The lowest BCUT2D eigenvalue weighted by Gasteiger charge is -2.36. The number of aromatic amines is 1. The first kappa shape index (κ1) is 24.1. The van der Waals surface area contributed by atoms with Gasteiger partial charge in [-0.25, -0.2) is 5.10 Å². The van der Waals surface area contributed by atoms with E-state index in [0.29, 0.717) is 5.57 Å². The first-order valence-electron chi connectivity index (χ1n) is 11.0. The molecule has 1 aromatic heterocycles. The first-order chi connectivity index (χ1) is 17.7. The molecule has 0 fully saturated rings. The van der Waals surface area contributed by atoms with Crippen LogP contribution in [-0.4, -0.2) is 49.2 Å². The average Bonchev–Trinajstić information content (AvgIpc) is 3.53. The molecule has 188 valence electrons. The summed E-state index contributed by atoms with van der Waals surface area (Å²) in [6.45, 7) is 1.54. The number of nitrogens with zero attached hydrogens (tertiary/aromatic N) is 6. The molecule has 3 N–H and O–H groups in total. The number of allylic oxidation sites excluding steroid dienone is 2. The summed E-state index contributed by atoms with van der Waals surface area (Å²) in [5.74, 6) is -0.523. The van der Waals surface area contributed by atoms with Gasteiger partial charge in [0.1, 0.15) is 6.10 Å². The van der Waals surface area contributed by atoms with E-state index < -0.39 is 29.3 Å². The molecule has 2 aliphatic rings. The Morgan fingerprint density at radius 3 is 2.51 bits per heavy atom. The van der Waals surface area contributed by atoms with Gasteiger partial charge in [-0.3, -0.25) is 10.2 Å². The summed E-state index contributed by atoms with van der Waals surface area (Å²) in [5, 5.41) is 34.6. The number of tetrazole rings is 1. The number of aliphatic hydroxyl groups is 1. The van der Waals surface area contributed by atoms with Crippen molar-refractivity contribution in [3.8, 4) is 0 Å². The minimum atomic E-state index is -4.51. The topological polar surface area (TPSA) is 132 Å². The van der Waals surface area contributed by atoms with Crippen LogP contribution in [0.2, 0.25) is 0 Å². The third-order valence-electron chi connectivity index (χ3n) is 5.98. The number of hydrogen-bond acceptors (Lipinski definition) is 8. The highest BCUT2D eigenvalue weighted by atomic mass is 19.4. The van der Waals surface area contributed by atoms with E-state index in [2.05, 4.69) is 36.3 Å². The molecular formula is C24H19F3N8O2. The molecule has 2 heterocycles. The van der Waals surface area contributed by atoms with Crippen LogP contribution in [0.3, 0.4) is 0 Å². The molecule has 5 rings (SSSR count). The molecule has 1 amide bonds. The lowest BCUT2D eigenvalue weighted by Crippen LogP contribution is -2.51. The molecule has 1 aliphatic carbocycles. The quantitative estimate of drug-likeness (QED) is 0.454. The Labute approximate surface area is 207 Å². The molecule has 1 aliphatic heterocycles. The summed E-state index contributed by atoms with van der Waals surface area (Å²) in [4.78, 5) is 13.1. The highest BCUT2D eigenvalue weighted by Gasteiger charge is 2.45. The normalized spacial score (nSPS) is 22.8. The van der Waals surface area contributed by atoms with E-state index in [-0.39, 0.29) is 22.9 Å². The van der Waals surface area contributed by atoms with Crippen molar-refractivity contribution in [2.75, 3.05) is 5.01 Å². The Bertz CT molecular complexity index is 1430. The molecule has 0 spiro atoms. The molecule has 0 bridgehead atoms. The van der Waals surface area contributed by atoms with Gasteiger partial charge in [0, 0.05) is 0 Å². The first-order valence-corrected chi connectivity index (χ1v) is 11.0. The van der Waals surface area contributed by atoms with Gasteiger partial charge in [-0.1, -0.05) is 42.5 Å². The second-order valence-corrected chi connectivity index (χ2v) is 8.29. The van der Waals surface area contributed by atoms with Gasteiger partial charge < -0.3 is 5.11 Å². The van der Waals surface area contributed by atoms with Crippen molar-refractivity contribution in [2.24, 2.45) is 10.2 Å². The zero-order valence-corrected chi connectivity index (χ0v) is 19.2. The summed E-state index contributed by atoms with van der Waals surface area (Å²) >= 11 is 0. The Balaban J connectivity index is 1.45. The van der Waals surface area contributed by atoms with Crippen molar-refractivity contribution in [1.29, 1.82) is 0 Å². The largest absolute Gasteiger partial charge is 0.416 e. The van der Waals surface area contributed by atoms with Gasteiger partial charge in [-0.05, 0) is 58.8 Å². The van der Waals surface area contributed by atoms with Crippen LogP contribution in [0.5, 0.6) is 0 Å². The van der Waals surface area contributed by atoms with E-state index in [1.807, 2.05) is 30.3 Å². The maximum Gasteiger partial charge on any atom is 0.416 e. The van der Waals surface area contributed by atoms with Crippen molar-refractivity contribution in [3.05, 3.63) is 89.8 Å². The van der Waals surface area contributed by atoms with E-state index in [1.54, 1.807) is 18.2 Å². The number of aromatic nitrogens is 4. The molecule has 10 nitrogen and oxygen atoms in total. The lowest BCUT2D eigenvalue weighted by atomic mass is 9.80. The van der Waals surface area contributed by atoms with Crippen LogP contribution in [0.1, 0.15) is 23.9 Å². The maximum absolute atomic E-state index is 13.1. The van der Waals surface area contributed by atoms with Gasteiger partial charge in [-0.2, -0.15) is 28.4 Å². The van der Waals surface area contributed by atoms with Crippen LogP contribution in [0.15, 0.2) is 83.0 Å². The summed E-state index contributed by atoms with van der Waals surface area (Å²) in [7, 11) is 0. The average molecular weight is 508 g/mol. The highest BCUT2D eigenvalue weighted by molar-refractivity contribution is 6.71. The fourth-order valence-corrected chi connectivity index (χ4v) is 4.05. The second kappa shape index (κ2) is 9.09. The van der Waals surface area contributed by atoms with Crippen LogP contribution < -0.4 is 10.4 Å². The number of alkyl halides is 3. The molecule has 2 aromatic carbocycles. The third-order valence-corrected chi connectivity index (χ3v) is 5.98. The van der Waals surface area contributed by atoms with Crippen LogP contribution >= 0.6 is 0 Å². The predicted octanol–water partition coefficient (Wildman–Crippen LogP) is 2.80. The van der Waals surface area contributed by atoms with Gasteiger partial charge >= 0.3 is 12.1 Å². The van der Waals surface area contributed by atoms with Gasteiger partial charge in [0.2, 0.25) is 0 Å². The SMILES string of the molecule is CC1=NN(c2ccc(C(F)(F)F)cc2)C(=O)C1=NNC1(c2nnn[nH]2)C=CC=C(c2ccccc2)C1O. The molecular weight excluding hydrogens is 489 g/mol. The molecule has 0 saturated heterocycles. The van der Waals surface area contributed by atoms with Gasteiger partial charge in [0.15, 0.2) is 17.1 Å². The lowest BCUT2D eigenvalue weighted by molar-refractivity contribution is -0.137. The van der Waals surface area contributed by atoms with E-state index in [0.717, 1.165) is 34.8 Å². The van der Waals surface area contributed by atoms with E-state index in [1.165, 1.54) is 6.92 Å². The Kier molecular flexibility index (Phi) is 5.91. The van der Waals surface area contributed by atoms with Crippen LogP contribution in [0.25, 0.3) is 5.57 Å². The minimum Gasteiger partial charge on any atom is -0.385 e. The zero-order valence-electron chi connectivity index (χ0n) is 19.2. The van der Waals surface area contributed by atoms with Crippen LogP contribution in [0.4, 0.5) is 18.9 Å². The van der Waals surface area contributed by atoms with Crippen molar-refractivity contribution >= 4 is 28.6 Å². The number of nitrogens with one attached hydrogen (secondary N) is 2. The molecule has 13 heteroatoms. The van der Waals surface area contributed by atoms with Crippen LogP contribution in [0, 0.1) is 0 Å². The number of aliphatic hydroxyl groups excluding tert-OH is 1. The molecule has 3 aromatic rings. The summed E-state index contributed by atoms with van der Waals surface area (Å²) in [6.07, 6.45) is -0.670. The molecule has 2 unspecified atom stereocenters. The second-order valence-electron chi connectivity index (χ2n) is 8.29. The Morgan fingerprint density at radius 2 is 1.86 bits per heavy atom. The van der Waals surface area contributed by atoms with Crippen molar-refractivity contribution in [3.63, 3.8) is 0 Å². The fraction of sp³-hybridized carbons (Fsp3) is 0.167. The van der Waals surface area contributed by atoms with E-state index in [9.17, 15) is 23.1 Å². The smallest absolute Gasteiger partial charge is 0.385 e. The van der Waals surface area contributed by atoms with E-state index in [4.69, 9.17) is 0 Å². The Hall–Kier alpha value is -4.65. The molecule has 0 saturated carbocycles. The molecule has 0 radical (unpaired) electrons. The highest BCUT2D eigenvalue weighted by Crippen LogP contribution is 2.36. The number of amides is 1. The summed E-state index contributed by atoms with van der Waals surface area (Å²) in [5.41, 5.74) is 2.11. The fourth-order valence-electron chi connectivity index (χ4n) is 4.05.